The molecule has 0 saturated carbocycles. The highest BCUT2D eigenvalue weighted by molar-refractivity contribution is 7.81. The molecule has 0 radical (unpaired) electrons. The van der Waals surface area contributed by atoms with Crippen LogP contribution in [0.4, 0.5) is 11.4 Å². The zero-order chi connectivity index (χ0) is 25.6. The number of primary amides is 2. The highest BCUT2D eigenvalue weighted by atomic mass is 32.1. The van der Waals surface area contributed by atoms with Gasteiger partial charge in [-0.25, -0.2) is 0 Å². The average molecular weight is 491 g/mol. The topological polar surface area (TPSA) is 117 Å². The normalized spacial score (nSPS) is 9.15. The maximum atomic E-state index is 9.73. The molecule has 0 aliphatic rings. The third-order valence-electron chi connectivity index (χ3n) is 4.05. The van der Waals surface area contributed by atoms with Gasteiger partial charge in [0, 0.05) is 64.8 Å². The quantitative estimate of drug-likeness (QED) is 0.357. The van der Waals surface area contributed by atoms with Gasteiger partial charge in [-0.1, -0.05) is 48.7 Å². The van der Waals surface area contributed by atoms with Gasteiger partial charge < -0.3 is 31.9 Å². The second kappa shape index (κ2) is 15.5. The number of anilines is 2. The van der Waals surface area contributed by atoms with E-state index < -0.39 is 11.8 Å². The van der Waals surface area contributed by atoms with Crippen LogP contribution in [0.25, 0.3) is 0 Å². The summed E-state index contributed by atoms with van der Waals surface area (Å²) >= 11 is 10.3. The molecule has 0 saturated heterocycles. The molecule has 0 atom stereocenters. The van der Waals surface area contributed by atoms with Crippen molar-refractivity contribution in [3.8, 4) is 0 Å². The van der Waals surface area contributed by atoms with Crippen molar-refractivity contribution in [2.45, 2.75) is 6.42 Å². The predicted octanol–water partition coefficient (Wildman–Crippen LogP) is 1.64. The van der Waals surface area contributed by atoms with E-state index in [2.05, 4.69) is 56.2 Å². The largest absolute Gasteiger partial charge is 0.379 e. The average Bonchev–Trinajstić information content (AvgIpc) is 2.78. The van der Waals surface area contributed by atoms with Gasteiger partial charge >= 0.3 is 0 Å². The fraction of sp³-hybridized carbons (Fsp3) is 0.304. The van der Waals surface area contributed by atoms with Crippen molar-refractivity contribution in [1.29, 1.82) is 0 Å². The van der Waals surface area contributed by atoms with Crippen LogP contribution in [0.5, 0.6) is 0 Å². The van der Waals surface area contributed by atoms with Crippen molar-refractivity contribution in [3.63, 3.8) is 0 Å². The highest BCUT2D eigenvalue weighted by Crippen LogP contribution is 2.14. The molecule has 0 aliphatic heterocycles. The summed E-state index contributed by atoms with van der Waals surface area (Å²) < 4.78 is 0. The molecule has 0 heterocycles. The first-order valence-electron chi connectivity index (χ1n) is 9.98. The number of carbonyl (C=O) groups excluding carboxylic acids is 2. The molecular weight excluding hydrogens is 456 g/mol. The SMILES string of the molecule is CNC(=S)c1cccc(N(C)C)c1.CNC(=S)c1cccc(N(C)C)c1.NC(=O)CC(N)=O. The lowest BCUT2D eigenvalue weighted by Gasteiger charge is -2.13. The summed E-state index contributed by atoms with van der Waals surface area (Å²) in [5.74, 6) is -1.37. The molecule has 10 heteroatoms. The Kier molecular flexibility index (Phi) is 14.0. The minimum atomic E-state index is -0.687. The van der Waals surface area contributed by atoms with Crippen molar-refractivity contribution in [2.24, 2.45) is 11.5 Å². The summed E-state index contributed by atoms with van der Waals surface area (Å²) in [4.78, 5) is 25.1. The standard InChI is InChI=1S/2C10H14N2S.C3H6N2O2/c2*1-11-10(13)8-5-4-6-9(7-8)12(2)3;4-2(6)1-3(5)7/h2*4-7H,1-3H3,(H,11,13);1H2,(H2,4,6)(H2,5,7). The number of amides is 2. The molecule has 0 fully saturated rings. The second-order valence-corrected chi connectivity index (χ2v) is 7.97. The van der Waals surface area contributed by atoms with Gasteiger partial charge in [0.15, 0.2) is 0 Å². The van der Waals surface area contributed by atoms with Crippen molar-refractivity contribution >= 4 is 57.6 Å². The van der Waals surface area contributed by atoms with E-state index in [1.165, 1.54) is 0 Å². The third-order valence-corrected chi connectivity index (χ3v) is 4.93. The van der Waals surface area contributed by atoms with Crippen LogP contribution in [0.3, 0.4) is 0 Å². The zero-order valence-corrected chi connectivity index (χ0v) is 21.6. The van der Waals surface area contributed by atoms with Gasteiger partial charge in [0.2, 0.25) is 11.8 Å². The highest BCUT2D eigenvalue weighted by Gasteiger charge is 2.01. The van der Waals surface area contributed by atoms with E-state index in [1.54, 1.807) is 0 Å². The number of nitrogens with zero attached hydrogens (tertiary/aromatic N) is 2. The van der Waals surface area contributed by atoms with E-state index >= 15 is 0 Å². The second-order valence-electron chi connectivity index (χ2n) is 7.16. The molecule has 0 aliphatic carbocycles. The lowest BCUT2D eigenvalue weighted by molar-refractivity contribution is -0.125. The summed E-state index contributed by atoms with van der Waals surface area (Å²) in [7, 11) is 11.7. The van der Waals surface area contributed by atoms with Crippen LogP contribution in [0, 0.1) is 0 Å². The Morgan fingerprint density at radius 2 is 1.09 bits per heavy atom. The van der Waals surface area contributed by atoms with Crippen molar-refractivity contribution < 1.29 is 9.59 Å². The monoisotopic (exact) mass is 490 g/mol. The molecule has 33 heavy (non-hydrogen) atoms. The van der Waals surface area contributed by atoms with Gasteiger partial charge in [-0.2, -0.15) is 0 Å². The van der Waals surface area contributed by atoms with E-state index in [9.17, 15) is 9.59 Å². The maximum absolute atomic E-state index is 9.73. The Bertz CT molecular complexity index is 873. The van der Waals surface area contributed by atoms with Crippen LogP contribution in [0.1, 0.15) is 17.5 Å². The molecule has 0 spiro atoms. The van der Waals surface area contributed by atoms with Gasteiger partial charge in [-0.15, -0.1) is 0 Å². The molecule has 2 rings (SSSR count). The van der Waals surface area contributed by atoms with Crippen molar-refractivity contribution in [1.82, 2.24) is 10.6 Å². The zero-order valence-electron chi connectivity index (χ0n) is 20.0. The molecule has 2 aromatic carbocycles. The van der Waals surface area contributed by atoms with E-state index in [1.807, 2.05) is 66.6 Å². The Morgan fingerprint density at radius 3 is 1.30 bits per heavy atom. The summed E-state index contributed by atoms with van der Waals surface area (Å²) in [6.07, 6.45) is -0.361. The smallest absolute Gasteiger partial charge is 0.226 e. The Balaban J connectivity index is 0.000000490. The molecule has 180 valence electrons. The van der Waals surface area contributed by atoms with Gasteiger partial charge in [-0.05, 0) is 24.3 Å². The van der Waals surface area contributed by atoms with Crippen molar-refractivity contribution in [3.05, 3.63) is 59.7 Å². The lowest BCUT2D eigenvalue weighted by atomic mass is 10.2. The molecule has 2 amide bonds. The van der Waals surface area contributed by atoms with E-state index in [4.69, 9.17) is 24.4 Å². The fourth-order valence-corrected chi connectivity index (χ4v) is 2.56. The molecule has 0 bridgehead atoms. The third kappa shape index (κ3) is 12.4. The van der Waals surface area contributed by atoms with E-state index in [0.717, 1.165) is 32.5 Å². The predicted molar refractivity (Wildman–Crippen MR) is 146 cm³/mol. The molecule has 0 aromatic heterocycles. The summed E-state index contributed by atoms with van der Waals surface area (Å²) in [5, 5.41) is 5.92. The Labute approximate surface area is 207 Å². The summed E-state index contributed by atoms with van der Waals surface area (Å²) in [5.41, 5.74) is 13.5. The van der Waals surface area contributed by atoms with Gasteiger partial charge in [-0.3, -0.25) is 9.59 Å². The van der Waals surface area contributed by atoms with Crippen LogP contribution in [0.2, 0.25) is 0 Å². The van der Waals surface area contributed by atoms with Crippen LogP contribution >= 0.6 is 24.4 Å². The minimum absolute atomic E-state index is 0.361. The van der Waals surface area contributed by atoms with Crippen molar-refractivity contribution in [2.75, 3.05) is 52.1 Å². The molecule has 2 aromatic rings. The maximum Gasteiger partial charge on any atom is 0.226 e. The molecule has 6 N–H and O–H groups in total. The van der Waals surface area contributed by atoms with Gasteiger partial charge in [0.25, 0.3) is 0 Å². The molecule has 8 nitrogen and oxygen atoms in total. The molecular formula is C23H34N6O2S2. The Hall–Kier alpha value is -3.24. The van der Waals surface area contributed by atoms with Crippen LogP contribution in [-0.2, 0) is 9.59 Å². The number of benzene rings is 2. The fourth-order valence-electron chi connectivity index (χ4n) is 2.31. The first-order chi connectivity index (χ1) is 15.4. The number of nitrogens with two attached hydrogens (primary N) is 2. The lowest BCUT2D eigenvalue weighted by Crippen LogP contribution is -2.21. The number of hydrogen-bond acceptors (Lipinski definition) is 6. The first-order valence-corrected chi connectivity index (χ1v) is 10.8. The summed E-state index contributed by atoms with van der Waals surface area (Å²) in [6, 6.07) is 16.3. The van der Waals surface area contributed by atoms with E-state index in [0.29, 0.717) is 0 Å². The first kappa shape index (κ1) is 29.8. The van der Waals surface area contributed by atoms with Crippen LogP contribution in [-0.4, -0.2) is 64.1 Å². The summed E-state index contributed by atoms with van der Waals surface area (Å²) in [6.45, 7) is 0. The number of thiocarbonyl (C=S) groups is 2. The minimum Gasteiger partial charge on any atom is -0.379 e. The Morgan fingerprint density at radius 1 is 0.758 bits per heavy atom. The van der Waals surface area contributed by atoms with Gasteiger partial charge in [0.1, 0.15) is 16.4 Å². The number of hydrogen-bond donors (Lipinski definition) is 4. The number of nitrogens with one attached hydrogen (secondary N) is 2. The molecule has 0 unspecified atom stereocenters. The number of rotatable bonds is 6. The van der Waals surface area contributed by atoms with Crippen LogP contribution in [0.15, 0.2) is 48.5 Å². The van der Waals surface area contributed by atoms with Crippen LogP contribution < -0.4 is 31.9 Å². The van der Waals surface area contributed by atoms with Gasteiger partial charge in [0.05, 0.1) is 0 Å². The van der Waals surface area contributed by atoms with E-state index in [-0.39, 0.29) is 6.42 Å². The number of carbonyl (C=O) groups is 2.